The Labute approximate surface area is 316 Å². The Bertz CT molecular complexity index is 1970. The summed E-state index contributed by atoms with van der Waals surface area (Å²) in [7, 11) is -3.32. The number of pyridine rings is 1. The Morgan fingerprint density at radius 3 is 1.70 bits per heavy atom. The lowest BCUT2D eigenvalue weighted by Gasteiger charge is -2.30. The van der Waals surface area contributed by atoms with E-state index in [4.69, 9.17) is 23.4 Å². The molecule has 5 heterocycles. The largest absolute Gasteiger partial charge is 0.475 e. The molecule has 0 radical (unpaired) electrons. The van der Waals surface area contributed by atoms with Crippen molar-refractivity contribution in [3.8, 4) is 0 Å². The second-order valence-electron chi connectivity index (χ2n) is 16.0. The monoisotopic (exact) mass is 772 g/mol. The molecule has 2 aliphatic heterocycles. The van der Waals surface area contributed by atoms with E-state index >= 15 is 0 Å². The number of nitrogens with one attached hydrogen (secondary N) is 1. The van der Waals surface area contributed by atoms with Crippen molar-refractivity contribution < 1.29 is 51.0 Å². The van der Waals surface area contributed by atoms with Crippen LogP contribution in [0.15, 0.2) is 44.2 Å². The first kappa shape index (κ1) is 41.9. The second-order valence-corrected chi connectivity index (χ2v) is 18.2. The minimum atomic E-state index is -3.32. The van der Waals surface area contributed by atoms with Gasteiger partial charge in [0.25, 0.3) is 5.91 Å². The smallest absolute Gasteiger partial charge is 0.411 e. The Balaban J connectivity index is 0.000000266. The normalized spacial score (nSPS) is 16.8. The van der Waals surface area contributed by atoms with Crippen LogP contribution in [0.3, 0.4) is 0 Å². The van der Waals surface area contributed by atoms with Crippen LogP contribution in [0, 0.1) is 11.8 Å². The molecule has 16 heteroatoms. The number of carboxylic acid groups (broad SMARTS) is 1. The number of ether oxygens (including phenoxy) is 2. The van der Waals surface area contributed by atoms with Gasteiger partial charge in [-0.2, -0.15) is 0 Å². The molecule has 296 valence electrons. The molecule has 3 aromatic heterocycles. The van der Waals surface area contributed by atoms with Crippen molar-refractivity contribution in [2.45, 2.75) is 124 Å². The van der Waals surface area contributed by atoms with Crippen molar-refractivity contribution in [3.05, 3.63) is 70.3 Å². The van der Waals surface area contributed by atoms with Crippen LogP contribution in [-0.2, 0) is 38.9 Å². The van der Waals surface area contributed by atoms with E-state index in [1.165, 1.54) is 18.3 Å². The maximum atomic E-state index is 12.7. The number of rotatable bonds is 8. The number of carboxylic acids is 1. The number of amides is 3. The molecule has 0 saturated heterocycles. The summed E-state index contributed by atoms with van der Waals surface area (Å²) < 4.78 is 46.0. The molecule has 3 amide bonds. The fourth-order valence-electron chi connectivity index (χ4n) is 6.14. The van der Waals surface area contributed by atoms with Gasteiger partial charge in [-0.05, 0) is 77.6 Å². The highest BCUT2D eigenvalue weighted by atomic mass is 32.2. The van der Waals surface area contributed by atoms with E-state index in [1.54, 1.807) is 28.9 Å². The molecular weight excluding hydrogens is 721 g/mol. The minimum Gasteiger partial charge on any atom is -0.475 e. The number of aromatic nitrogens is 1. The fourth-order valence-corrected chi connectivity index (χ4v) is 6.97. The molecule has 0 fully saturated rings. The molecule has 3 aromatic rings. The SMILES string of the molecule is CC(C)C1c2oc(C(=O)O)cc2CN1C(=O)OC(C)(C)C.CCS(=O)(=O)c1ccc(CNC(=O)c2cc3c(o2)C(C(C)C)N(C(=O)OC(C)(C)C)C3)nc1. The summed E-state index contributed by atoms with van der Waals surface area (Å²) in [5.74, 6) is -0.167. The van der Waals surface area contributed by atoms with Gasteiger partial charge in [0.1, 0.15) is 22.7 Å². The lowest BCUT2D eigenvalue weighted by Crippen LogP contribution is -2.37. The van der Waals surface area contributed by atoms with E-state index in [-0.39, 0.29) is 52.6 Å². The third-order valence-electron chi connectivity index (χ3n) is 8.49. The lowest BCUT2D eigenvalue weighted by atomic mass is 10.0. The maximum Gasteiger partial charge on any atom is 0.411 e. The predicted octanol–water partition coefficient (Wildman–Crippen LogP) is 7.27. The van der Waals surface area contributed by atoms with Crippen molar-refractivity contribution in [1.82, 2.24) is 20.1 Å². The summed E-state index contributed by atoms with van der Waals surface area (Å²) >= 11 is 0. The number of nitrogens with zero attached hydrogens (tertiary/aromatic N) is 3. The number of carbonyl (C=O) groups is 4. The summed E-state index contributed by atoms with van der Waals surface area (Å²) in [5.41, 5.74) is 0.845. The van der Waals surface area contributed by atoms with E-state index in [9.17, 15) is 27.6 Å². The number of aromatic carboxylic acids is 1. The Kier molecular flexibility index (Phi) is 12.3. The topological polar surface area (TPSA) is 199 Å². The van der Waals surface area contributed by atoms with Crippen LogP contribution in [0.2, 0.25) is 0 Å². The maximum absolute atomic E-state index is 12.7. The highest BCUT2D eigenvalue weighted by Gasteiger charge is 2.43. The lowest BCUT2D eigenvalue weighted by molar-refractivity contribution is 0.00975. The van der Waals surface area contributed by atoms with Crippen LogP contribution in [0.5, 0.6) is 0 Å². The van der Waals surface area contributed by atoms with Gasteiger partial charge < -0.3 is 28.7 Å². The first-order chi connectivity index (χ1) is 24.9. The molecule has 0 aromatic carbocycles. The second kappa shape index (κ2) is 15.9. The van der Waals surface area contributed by atoms with E-state index in [0.29, 0.717) is 30.3 Å². The zero-order valence-corrected chi connectivity index (χ0v) is 33.6. The van der Waals surface area contributed by atoms with Gasteiger partial charge in [0.15, 0.2) is 15.6 Å². The van der Waals surface area contributed by atoms with Crippen molar-refractivity contribution in [2.24, 2.45) is 11.8 Å². The molecule has 2 atom stereocenters. The van der Waals surface area contributed by atoms with Crippen molar-refractivity contribution in [1.29, 1.82) is 0 Å². The number of furan rings is 2. The van der Waals surface area contributed by atoms with Crippen LogP contribution in [0.4, 0.5) is 9.59 Å². The van der Waals surface area contributed by atoms with E-state index < -0.39 is 45.1 Å². The van der Waals surface area contributed by atoms with Gasteiger partial charge >= 0.3 is 18.2 Å². The molecule has 2 N–H and O–H groups in total. The average molecular weight is 773 g/mol. The highest BCUT2D eigenvalue weighted by molar-refractivity contribution is 7.91. The molecule has 0 saturated carbocycles. The molecule has 0 aliphatic carbocycles. The van der Waals surface area contributed by atoms with Crippen LogP contribution in [0.25, 0.3) is 0 Å². The first-order valence-corrected chi connectivity index (χ1v) is 19.5. The highest BCUT2D eigenvalue weighted by Crippen LogP contribution is 2.42. The van der Waals surface area contributed by atoms with Gasteiger partial charge in [0.05, 0.1) is 48.1 Å². The summed E-state index contributed by atoms with van der Waals surface area (Å²) in [4.78, 5) is 56.1. The van der Waals surface area contributed by atoms with Gasteiger partial charge in [-0.25, -0.2) is 22.8 Å². The average Bonchev–Trinajstić information content (AvgIpc) is 3.81. The van der Waals surface area contributed by atoms with Gasteiger partial charge in [-0.3, -0.25) is 19.6 Å². The standard InChI is InChI=1S/C23H31N3O6S.C15H21NO5/c1-7-33(29,30)17-9-8-16(24-12-17)11-25-21(27)18-10-15-13-26(22(28)32-23(4,5)6)19(14(2)3)20(15)31-18;1-8(2)11-12-9(6-10(20-12)13(17)18)7-16(11)14(19)21-15(3,4)5/h8-10,12,14,19H,7,11,13H2,1-6H3,(H,25,27);6,8,11H,7H2,1-5H3,(H,17,18). The zero-order valence-electron chi connectivity index (χ0n) is 32.8. The summed E-state index contributed by atoms with van der Waals surface area (Å²) in [5, 5.41) is 11.7. The summed E-state index contributed by atoms with van der Waals surface area (Å²) in [6.07, 6.45) is 0.461. The first-order valence-electron chi connectivity index (χ1n) is 17.9. The molecule has 2 aliphatic rings. The Morgan fingerprint density at radius 2 is 1.31 bits per heavy atom. The van der Waals surface area contributed by atoms with Crippen molar-refractivity contribution in [2.75, 3.05) is 5.75 Å². The van der Waals surface area contributed by atoms with Gasteiger partial charge in [0, 0.05) is 17.3 Å². The van der Waals surface area contributed by atoms with E-state index in [0.717, 1.165) is 11.1 Å². The van der Waals surface area contributed by atoms with Crippen molar-refractivity contribution in [3.63, 3.8) is 0 Å². The Hall–Kier alpha value is -4.86. The fraction of sp³-hybridized carbons (Fsp3) is 0.553. The Morgan fingerprint density at radius 1 is 0.852 bits per heavy atom. The predicted molar refractivity (Wildman–Crippen MR) is 196 cm³/mol. The van der Waals surface area contributed by atoms with Crippen LogP contribution < -0.4 is 5.32 Å². The zero-order chi connectivity index (χ0) is 40.5. The number of hydrogen-bond donors (Lipinski definition) is 2. The number of hydrogen-bond acceptors (Lipinski definition) is 11. The quantitative estimate of drug-likeness (QED) is 0.232. The molecule has 54 heavy (non-hydrogen) atoms. The van der Waals surface area contributed by atoms with Crippen LogP contribution in [0.1, 0.15) is 138 Å². The third-order valence-corrected chi connectivity index (χ3v) is 10.2. The van der Waals surface area contributed by atoms with Crippen LogP contribution >= 0.6 is 0 Å². The number of carbonyl (C=O) groups excluding carboxylic acids is 3. The van der Waals surface area contributed by atoms with E-state index in [2.05, 4.69) is 10.3 Å². The molecule has 2 unspecified atom stereocenters. The molecule has 5 rings (SSSR count). The van der Waals surface area contributed by atoms with Gasteiger partial charge in [0.2, 0.25) is 5.76 Å². The summed E-state index contributed by atoms with van der Waals surface area (Å²) in [6, 6.07) is 5.55. The molecule has 0 spiro atoms. The number of fused-ring (bicyclic) bond motifs is 2. The number of sulfone groups is 1. The van der Waals surface area contributed by atoms with Gasteiger partial charge in [-0.15, -0.1) is 0 Å². The third kappa shape index (κ3) is 9.81. The van der Waals surface area contributed by atoms with Gasteiger partial charge in [-0.1, -0.05) is 34.6 Å². The van der Waals surface area contributed by atoms with Crippen molar-refractivity contribution >= 4 is 33.9 Å². The van der Waals surface area contributed by atoms with Crippen LogP contribution in [-0.4, -0.2) is 69.3 Å². The molecule has 15 nitrogen and oxygen atoms in total. The summed E-state index contributed by atoms with van der Waals surface area (Å²) in [6.45, 7) is 21.1. The van der Waals surface area contributed by atoms with E-state index in [1.807, 2.05) is 69.2 Å². The molecule has 0 bridgehead atoms. The molecular formula is C38H52N4O11S. The minimum absolute atomic E-state index is 0.00332.